The Hall–Kier alpha value is -3.63. The Balaban J connectivity index is 1.33. The number of amides is 1. The van der Waals surface area contributed by atoms with Gasteiger partial charge in [-0.1, -0.05) is 30.3 Å². The minimum absolute atomic E-state index is 0.0673. The van der Waals surface area contributed by atoms with Crippen molar-refractivity contribution in [1.82, 2.24) is 5.32 Å². The molecule has 0 bridgehead atoms. The first-order valence-electron chi connectivity index (χ1n) is 10.5. The van der Waals surface area contributed by atoms with E-state index in [0.717, 1.165) is 5.56 Å². The van der Waals surface area contributed by atoms with E-state index >= 15 is 0 Å². The number of hydrogen-bond acceptors (Lipinski definition) is 6. The van der Waals surface area contributed by atoms with Crippen LogP contribution in [0.3, 0.4) is 0 Å². The Morgan fingerprint density at radius 1 is 1.00 bits per heavy atom. The van der Waals surface area contributed by atoms with E-state index in [4.69, 9.17) is 21.7 Å². The molecule has 8 nitrogen and oxygen atoms in total. The molecule has 0 atom stereocenters. The van der Waals surface area contributed by atoms with Crippen molar-refractivity contribution in [3.63, 3.8) is 0 Å². The first-order chi connectivity index (χ1) is 16.4. The summed E-state index contributed by atoms with van der Waals surface area (Å²) in [5.74, 6) is 0.509. The normalized spacial score (nSPS) is 12.6. The number of sulfonamides is 1. The number of para-hydroxylation sites is 3. The molecule has 3 aromatic rings. The van der Waals surface area contributed by atoms with Gasteiger partial charge in [-0.15, -0.1) is 0 Å². The van der Waals surface area contributed by atoms with Crippen LogP contribution < -0.4 is 24.4 Å². The minimum atomic E-state index is -3.68. The summed E-state index contributed by atoms with van der Waals surface area (Å²) in [6, 6.07) is 20.7. The van der Waals surface area contributed by atoms with Gasteiger partial charge in [-0.3, -0.25) is 14.4 Å². The molecule has 0 aliphatic carbocycles. The van der Waals surface area contributed by atoms with Crippen LogP contribution in [-0.4, -0.2) is 39.7 Å². The summed E-state index contributed by atoms with van der Waals surface area (Å²) < 4.78 is 38.3. The number of ether oxygens (including phenoxy) is 2. The number of hydrogen-bond donors (Lipinski definition) is 2. The topological polar surface area (TPSA) is 97.0 Å². The number of anilines is 2. The molecular formula is C24H23N3O5S2. The SMILES string of the molecule is COc1ccccc1OCC(=O)NC(=S)Nc1ccc(S(=O)(=O)N2CCc3ccccc32)cc1. The van der Waals surface area contributed by atoms with Crippen LogP contribution in [0.25, 0.3) is 0 Å². The van der Waals surface area contributed by atoms with Gasteiger partial charge in [0.25, 0.3) is 15.9 Å². The Kier molecular flexibility index (Phi) is 6.99. The van der Waals surface area contributed by atoms with Crippen molar-refractivity contribution in [2.45, 2.75) is 11.3 Å². The van der Waals surface area contributed by atoms with Crippen molar-refractivity contribution in [2.75, 3.05) is 29.9 Å². The average Bonchev–Trinajstić information content (AvgIpc) is 3.28. The van der Waals surface area contributed by atoms with E-state index in [1.165, 1.54) is 23.5 Å². The molecular weight excluding hydrogens is 474 g/mol. The van der Waals surface area contributed by atoms with E-state index in [2.05, 4.69) is 10.6 Å². The second kappa shape index (κ2) is 10.1. The molecule has 4 rings (SSSR count). The van der Waals surface area contributed by atoms with Crippen molar-refractivity contribution in [1.29, 1.82) is 0 Å². The molecule has 0 unspecified atom stereocenters. The van der Waals surface area contributed by atoms with Crippen LogP contribution in [0.1, 0.15) is 5.56 Å². The highest BCUT2D eigenvalue weighted by Gasteiger charge is 2.30. The monoisotopic (exact) mass is 497 g/mol. The Morgan fingerprint density at radius 3 is 2.41 bits per heavy atom. The second-order valence-corrected chi connectivity index (χ2v) is 9.69. The molecule has 1 aliphatic rings. The summed E-state index contributed by atoms with van der Waals surface area (Å²) in [6.07, 6.45) is 0.684. The Bertz CT molecular complexity index is 1310. The van der Waals surface area contributed by atoms with Crippen molar-refractivity contribution >= 4 is 44.6 Å². The van der Waals surface area contributed by atoms with Gasteiger partial charge in [0.2, 0.25) is 0 Å². The van der Waals surface area contributed by atoms with E-state index in [-0.39, 0.29) is 16.6 Å². The second-order valence-electron chi connectivity index (χ2n) is 7.42. The van der Waals surface area contributed by atoms with Gasteiger partial charge in [0.1, 0.15) is 0 Å². The molecule has 0 saturated carbocycles. The summed E-state index contributed by atoms with van der Waals surface area (Å²) in [6.45, 7) is 0.158. The third kappa shape index (κ3) is 5.13. The average molecular weight is 498 g/mol. The lowest BCUT2D eigenvalue weighted by Crippen LogP contribution is -2.37. The zero-order valence-corrected chi connectivity index (χ0v) is 20.0. The fraction of sp³-hybridized carbons (Fsp3) is 0.167. The fourth-order valence-corrected chi connectivity index (χ4v) is 5.34. The Labute approximate surface area is 203 Å². The van der Waals surface area contributed by atoms with Crippen LogP contribution >= 0.6 is 12.2 Å². The molecule has 34 heavy (non-hydrogen) atoms. The molecule has 176 valence electrons. The van der Waals surface area contributed by atoms with Gasteiger partial charge >= 0.3 is 0 Å². The van der Waals surface area contributed by atoms with Crippen molar-refractivity contribution in [2.24, 2.45) is 0 Å². The molecule has 0 saturated heterocycles. The summed E-state index contributed by atoms with van der Waals surface area (Å²) in [4.78, 5) is 12.3. The third-order valence-electron chi connectivity index (χ3n) is 5.23. The smallest absolute Gasteiger partial charge is 0.264 e. The highest BCUT2D eigenvalue weighted by atomic mass is 32.2. The third-order valence-corrected chi connectivity index (χ3v) is 7.26. The number of carbonyl (C=O) groups excluding carboxylic acids is 1. The van der Waals surface area contributed by atoms with Crippen LogP contribution in [0.4, 0.5) is 11.4 Å². The molecule has 0 spiro atoms. The van der Waals surface area contributed by atoms with Gasteiger partial charge in [-0.2, -0.15) is 0 Å². The maximum Gasteiger partial charge on any atom is 0.264 e. The van der Waals surface area contributed by atoms with Crippen molar-refractivity contribution < 1.29 is 22.7 Å². The van der Waals surface area contributed by atoms with Crippen LogP contribution in [0, 0.1) is 0 Å². The molecule has 0 aromatic heterocycles. The summed E-state index contributed by atoms with van der Waals surface area (Å²) in [5, 5.41) is 5.46. The van der Waals surface area contributed by atoms with E-state index in [0.29, 0.717) is 35.8 Å². The molecule has 1 amide bonds. The van der Waals surface area contributed by atoms with Gasteiger partial charge in [-0.25, -0.2) is 8.42 Å². The van der Waals surface area contributed by atoms with E-state index < -0.39 is 15.9 Å². The zero-order chi connectivity index (χ0) is 24.1. The number of benzene rings is 3. The zero-order valence-electron chi connectivity index (χ0n) is 18.4. The summed E-state index contributed by atoms with van der Waals surface area (Å²) >= 11 is 5.18. The molecule has 1 aliphatic heterocycles. The van der Waals surface area contributed by atoms with Crippen LogP contribution in [0.5, 0.6) is 11.5 Å². The number of carbonyl (C=O) groups is 1. The lowest BCUT2D eigenvalue weighted by Gasteiger charge is -2.19. The number of nitrogens with one attached hydrogen (secondary N) is 2. The molecule has 10 heteroatoms. The van der Waals surface area contributed by atoms with Crippen LogP contribution in [-0.2, 0) is 21.2 Å². The van der Waals surface area contributed by atoms with E-state index in [1.54, 1.807) is 36.4 Å². The van der Waals surface area contributed by atoms with Gasteiger partial charge < -0.3 is 14.8 Å². The number of fused-ring (bicyclic) bond motifs is 1. The first kappa shape index (κ1) is 23.5. The van der Waals surface area contributed by atoms with Crippen LogP contribution in [0.15, 0.2) is 77.7 Å². The lowest BCUT2D eigenvalue weighted by atomic mass is 10.2. The maximum atomic E-state index is 13.1. The lowest BCUT2D eigenvalue weighted by molar-refractivity contribution is -0.121. The largest absolute Gasteiger partial charge is 0.493 e. The first-order valence-corrected chi connectivity index (χ1v) is 12.3. The van der Waals surface area contributed by atoms with Crippen LogP contribution in [0.2, 0.25) is 0 Å². The fourth-order valence-electron chi connectivity index (χ4n) is 3.60. The number of thiocarbonyl (C=S) groups is 1. The summed E-state index contributed by atoms with van der Waals surface area (Å²) in [7, 11) is -2.16. The quantitative estimate of drug-likeness (QED) is 0.483. The molecule has 0 radical (unpaired) electrons. The van der Waals surface area contributed by atoms with Gasteiger partial charge in [0.05, 0.1) is 17.7 Å². The number of rotatable bonds is 7. The highest BCUT2D eigenvalue weighted by Crippen LogP contribution is 2.32. The van der Waals surface area contributed by atoms with E-state index in [1.807, 2.05) is 24.3 Å². The van der Waals surface area contributed by atoms with Crippen molar-refractivity contribution in [3.8, 4) is 11.5 Å². The molecule has 0 fully saturated rings. The predicted molar refractivity (Wildman–Crippen MR) is 134 cm³/mol. The van der Waals surface area contributed by atoms with Gasteiger partial charge in [-0.05, 0) is 66.7 Å². The molecule has 1 heterocycles. The number of nitrogens with zero attached hydrogens (tertiary/aromatic N) is 1. The number of methoxy groups -OCH3 is 1. The van der Waals surface area contributed by atoms with E-state index in [9.17, 15) is 13.2 Å². The van der Waals surface area contributed by atoms with Crippen molar-refractivity contribution in [3.05, 3.63) is 78.4 Å². The maximum absolute atomic E-state index is 13.1. The van der Waals surface area contributed by atoms with Gasteiger partial charge in [0, 0.05) is 12.2 Å². The summed E-state index contributed by atoms with van der Waals surface area (Å²) in [5.41, 5.74) is 2.26. The standard InChI is InChI=1S/C24H23N3O5S2/c1-31-21-8-4-5-9-22(21)32-16-23(28)26-24(33)25-18-10-12-19(13-11-18)34(29,30)27-15-14-17-6-2-3-7-20(17)27/h2-13H,14-16H2,1H3,(H2,25,26,28,33). The Morgan fingerprint density at radius 2 is 1.68 bits per heavy atom. The predicted octanol–water partition coefficient (Wildman–Crippen LogP) is 3.34. The highest BCUT2D eigenvalue weighted by molar-refractivity contribution is 7.92. The molecule has 2 N–H and O–H groups in total. The minimum Gasteiger partial charge on any atom is -0.493 e. The van der Waals surface area contributed by atoms with Gasteiger partial charge in [0.15, 0.2) is 23.2 Å². The molecule has 3 aromatic carbocycles.